The van der Waals surface area contributed by atoms with Crippen LogP contribution in [0.1, 0.15) is 11.1 Å². The maximum Gasteiger partial charge on any atom is 0.162 e. The third-order valence-electron chi connectivity index (χ3n) is 8.80. The molecule has 264 valence electrons. The quantitative estimate of drug-likeness (QED) is 0.152. The number of rotatable bonds is 0. The molecule has 0 atom stereocenters. The van der Waals surface area contributed by atoms with Crippen LogP contribution in [-0.2, 0) is 12.8 Å². The van der Waals surface area contributed by atoms with Gasteiger partial charge in [0.25, 0.3) is 0 Å². The molecule has 52 heavy (non-hydrogen) atoms. The molecule has 1 aliphatic heterocycles. The van der Waals surface area contributed by atoms with Crippen LogP contribution in [0.2, 0.25) is 0 Å². The molecule has 0 unspecified atom stereocenters. The Labute approximate surface area is 302 Å². The zero-order chi connectivity index (χ0) is 35.9. The van der Waals surface area contributed by atoms with Crippen molar-refractivity contribution in [3.8, 4) is 46.0 Å². The summed E-state index contributed by atoms with van der Waals surface area (Å²) < 4.78 is 36.4. The first-order chi connectivity index (χ1) is 25.4. The Kier molecular flexibility index (Phi) is 10.3. The van der Waals surface area contributed by atoms with Gasteiger partial charge in [-0.15, -0.1) is 0 Å². The number of hydrogen-bond donors (Lipinski definition) is 2. The number of benzene rings is 6. The molecule has 0 saturated carbocycles. The van der Waals surface area contributed by atoms with Gasteiger partial charge in [0.05, 0.1) is 0 Å². The lowest BCUT2D eigenvalue weighted by molar-refractivity contribution is 0.201. The molecule has 0 radical (unpaired) electrons. The van der Waals surface area contributed by atoms with Gasteiger partial charge in [0.15, 0.2) is 46.0 Å². The highest BCUT2D eigenvalue weighted by Gasteiger charge is 2.19. The summed E-state index contributed by atoms with van der Waals surface area (Å²) in [4.78, 5) is 0. The molecule has 4 bridgehead atoms. The van der Waals surface area contributed by atoms with E-state index in [-0.39, 0.29) is 51.1 Å². The number of para-hydroxylation sites is 4. The highest BCUT2D eigenvalue weighted by Crippen LogP contribution is 2.41. The summed E-state index contributed by atoms with van der Waals surface area (Å²) in [7, 11) is 0. The van der Waals surface area contributed by atoms with Crippen molar-refractivity contribution in [1.29, 1.82) is 0 Å². The van der Waals surface area contributed by atoms with E-state index in [0.717, 1.165) is 27.1 Å². The van der Waals surface area contributed by atoms with Crippen LogP contribution in [0.3, 0.4) is 0 Å². The molecule has 0 amide bonds. The van der Waals surface area contributed by atoms with E-state index in [0.29, 0.717) is 64.0 Å². The fraction of sp³-hybridized carbons (Fsp3) is 0.182. The normalized spacial score (nSPS) is 14.7. The van der Waals surface area contributed by atoms with Crippen LogP contribution in [-0.4, -0.2) is 49.9 Å². The predicted molar refractivity (Wildman–Crippen MR) is 203 cm³/mol. The van der Waals surface area contributed by atoms with Gasteiger partial charge in [-0.3, -0.25) is 0 Å². The lowest BCUT2D eigenvalue weighted by Gasteiger charge is -2.19. The van der Waals surface area contributed by atoms with E-state index in [4.69, 9.17) is 28.4 Å². The van der Waals surface area contributed by atoms with Gasteiger partial charge in [0.1, 0.15) is 39.6 Å². The zero-order valence-electron chi connectivity index (χ0n) is 28.8. The highest BCUT2D eigenvalue weighted by atomic mass is 16.6. The van der Waals surface area contributed by atoms with Crippen LogP contribution in [0.4, 0.5) is 0 Å². The van der Waals surface area contributed by atoms with Crippen molar-refractivity contribution < 1.29 is 38.6 Å². The fourth-order valence-corrected chi connectivity index (χ4v) is 6.29. The van der Waals surface area contributed by atoms with Crippen molar-refractivity contribution in [1.82, 2.24) is 0 Å². The topological polar surface area (TPSA) is 95.8 Å². The van der Waals surface area contributed by atoms with Gasteiger partial charge >= 0.3 is 0 Å². The number of aromatic hydroxyl groups is 2. The van der Waals surface area contributed by atoms with Crippen LogP contribution in [0.25, 0.3) is 21.5 Å². The summed E-state index contributed by atoms with van der Waals surface area (Å²) in [6.07, 6.45) is 0.703. The molecule has 0 spiro atoms. The van der Waals surface area contributed by atoms with E-state index in [1.165, 1.54) is 0 Å². The fourth-order valence-electron chi connectivity index (χ4n) is 6.29. The molecule has 0 aromatic heterocycles. The van der Waals surface area contributed by atoms with Gasteiger partial charge in [0, 0.05) is 11.1 Å². The molecule has 0 fully saturated rings. The second-order valence-corrected chi connectivity index (χ2v) is 12.6. The van der Waals surface area contributed by atoms with E-state index >= 15 is 0 Å². The number of hydrogen-bond acceptors (Lipinski definition) is 8. The second kappa shape index (κ2) is 15.7. The summed E-state index contributed by atoms with van der Waals surface area (Å²) in [5.74, 6) is 3.01. The minimum absolute atomic E-state index is 0.0403. The zero-order valence-corrected chi connectivity index (χ0v) is 28.8. The van der Waals surface area contributed by atoms with Crippen molar-refractivity contribution >= 4 is 21.5 Å². The average molecular weight is 697 g/mol. The van der Waals surface area contributed by atoms with Crippen LogP contribution >= 0.6 is 0 Å². The smallest absolute Gasteiger partial charge is 0.162 e. The first kappa shape index (κ1) is 34.2. The average Bonchev–Trinajstić information content (AvgIpc) is 3.16. The van der Waals surface area contributed by atoms with Gasteiger partial charge in [-0.05, 0) is 76.4 Å². The summed E-state index contributed by atoms with van der Waals surface area (Å²) in [5, 5.41) is 26.7. The van der Waals surface area contributed by atoms with Crippen molar-refractivity contribution in [3.05, 3.63) is 145 Å². The predicted octanol–water partition coefficient (Wildman–Crippen LogP) is 8.99. The Bertz CT molecular complexity index is 2090. The maximum atomic E-state index is 11.6. The molecule has 6 aromatic carbocycles. The summed E-state index contributed by atoms with van der Waals surface area (Å²) in [6.45, 7) is 9.72. The van der Waals surface area contributed by atoms with E-state index in [2.05, 4.69) is 13.2 Å². The summed E-state index contributed by atoms with van der Waals surface area (Å²) in [6, 6.07) is 34.2. The molecular formula is C44H40O8. The van der Waals surface area contributed by atoms with Crippen LogP contribution in [0, 0.1) is 0 Å². The van der Waals surface area contributed by atoms with E-state index in [1.54, 1.807) is 0 Å². The minimum atomic E-state index is 0.0403. The highest BCUT2D eigenvalue weighted by molar-refractivity contribution is 5.91. The van der Waals surface area contributed by atoms with Gasteiger partial charge in [-0.1, -0.05) is 91.5 Å². The summed E-state index contributed by atoms with van der Waals surface area (Å²) in [5.41, 5.74) is 2.89. The second-order valence-electron chi connectivity index (χ2n) is 12.6. The van der Waals surface area contributed by atoms with Crippen molar-refractivity contribution in [2.24, 2.45) is 0 Å². The van der Waals surface area contributed by atoms with E-state index in [9.17, 15) is 10.2 Å². The molecule has 1 heterocycles. The van der Waals surface area contributed by atoms with Gasteiger partial charge in [0.2, 0.25) is 0 Å². The molecule has 7 rings (SSSR count). The lowest BCUT2D eigenvalue weighted by Crippen LogP contribution is -2.13. The molecule has 0 aliphatic carbocycles. The Morgan fingerprint density at radius 1 is 0.404 bits per heavy atom. The maximum absolute atomic E-state index is 11.6. The first-order valence-electron chi connectivity index (χ1n) is 17.2. The number of allylic oxidation sites excluding steroid dienone is 1. The Balaban J connectivity index is 1.20. The van der Waals surface area contributed by atoms with E-state index < -0.39 is 0 Å². The van der Waals surface area contributed by atoms with Gasteiger partial charge < -0.3 is 38.6 Å². The van der Waals surface area contributed by atoms with Crippen molar-refractivity contribution in [3.63, 3.8) is 0 Å². The number of ether oxygens (including phenoxy) is 6. The molecule has 8 heteroatoms. The first-order valence-corrected chi connectivity index (χ1v) is 17.2. The monoisotopic (exact) mass is 696 g/mol. The third kappa shape index (κ3) is 7.71. The molecular weight excluding hydrogens is 656 g/mol. The molecule has 8 nitrogen and oxygen atoms in total. The number of phenols is 2. The Morgan fingerprint density at radius 2 is 0.750 bits per heavy atom. The SMILES string of the molecule is C=C1COc2ccccc2OCCOc2cc3ccccc3c(c2O)CC(=C)Cc2c(O)c(cc3ccccc23)OCCOc2ccccc2OC1. The van der Waals surface area contributed by atoms with Crippen LogP contribution in [0.5, 0.6) is 46.0 Å². The standard InChI is InChI=1S/C44H40O8/c1-29-23-35-33-13-5-3-11-31(33)25-41(43(35)45)49-21-19-47-37-15-7-9-17-39(37)51-27-30(2)28-52-40-18-10-8-16-38(40)48-20-22-50-42-26-32-12-4-6-14-34(32)36(24-29)44(42)46/h3-18,25-26,45-46H,1-2,19-24,27-28H2. The number of fused-ring (bicyclic) bond motifs is 10. The Hall–Kier alpha value is -6.28. The number of phenolic OH excluding ortho intramolecular Hbond substituents is 2. The van der Waals surface area contributed by atoms with Crippen LogP contribution in [0.15, 0.2) is 133 Å². The molecule has 0 saturated heterocycles. The minimum Gasteiger partial charge on any atom is -0.504 e. The molecule has 1 aliphatic rings. The van der Waals surface area contributed by atoms with Crippen molar-refractivity contribution in [2.75, 3.05) is 39.6 Å². The molecule has 2 N–H and O–H groups in total. The largest absolute Gasteiger partial charge is 0.504 e. The van der Waals surface area contributed by atoms with Crippen LogP contribution < -0.4 is 28.4 Å². The molecule has 6 aromatic rings. The van der Waals surface area contributed by atoms with E-state index in [1.807, 2.05) is 109 Å². The van der Waals surface area contributed by atoms with Gasteiger partial charge in [-0.2, -0.15) is 0 Å². The third-order valence-corrected chi connectivity index (χ3v) is 8.80. The van der Waals surface area contributed by atoms with Crippen molar-refractivity contribution in [2.45, 2.75) is 12.8 Å². The summed E-state index contributed by atoms with van der Waals surface area (Å²) >= 11 is 0. The van der Waals surface area contributed by atoms with Gasteiger partial charge in [-0.25, -0.2) is 0 Å². The lowest BCUT2D eigenvalue weighted by atomic mass is 9.92. The Morgan fingerprint density at radius 3 is 1.17 bits per heavy atom.